The Balaban J connectivity index is 3.39. The highest BCUT2D eigenvalue weighted by Crippen LogP contribution is 2.45. The van der Waals surface area contributed by atoms with Gasteiger partial charge in [-0.05, 0) is 43.2 Å². The summed E-state index contributed by atoms with van der Waals surface area (Å²) in [5, 5.41) is 0. The Labute approximate surface area is 163 Å². The maximum absolute atomic E-state index is 5.80. The van der Waals surface area contributed by atoms with Crippen molar-refractivity contribution in [3.63, 3.8) is 0 Å². The molecule has 0 N–H and O–H groups in total. The number of methoxy groups -OCH3 is 2. The molecule has 2 nitrogen and oxygen atoms in total. The van der Waals surface area contributed by atoms with E-state index in [0.29, 0.717) is 0 Å². The van der Waals surface area contributed by atoms with Crippen molar-refractivity contribution in [1.29, 1.82) is 0 Å². The van der Waals surface area contributed by atoms with Gasteiger partial charge < -0.3 is 9.47 Å². The normalized spacial score (nSPS) is 18.9. The third kappa shape index (κ3) is 5.13. The van der Waals surface area contributed by atoms with E-state index >= 15 is 0 Å². The summed E-state index contributed by atoms with van der Waals surface area (Å²) < 4.78 is 12.5. The summed E-state index contributed by atoms with van der Waals surface area (Å²) in [5.74, 6) is 1.74. The van der Waals surface area contributed by atoms with Gasteiger partial charge in [0.05, 0.1) is 14.2 Å². The van der Waals surface area contributed by atoms with Gasteiger partial charge in [0.2, 0.25) is 0 Å². The highest BCUT2D eigenvalue weighted by molar-refractivity contribution is 9.11. The van der Waals surface area contributed by atoms with Crippen LogP contribution < -0.4 is 0 Å². The van der Waals surface area contributed by atoms with Crippen LogP contribution in [0.3, 0.4) is 0 Å². The lowest BCUT2D eigenvalue weighted by atomic mass is 9.87. The molecule has 134 valence electrons. The number of ether oxygens (including phenoxy) is 2. The first kappa shape index (κ1) is 21.3. The Bertz CT molecular complexity index is 593. The first-order valence-electron chi connectivity index (χ1n) is 8.13. The third-order valence-electron chi connectivity index (χ3n) is 4.34. The highest BCUT2D eigenvalue weighted by atomic mass is 79.9. The maximum Gasteiger partial charge on any atom is 0.137 e. The minimum absolute atomic E-state index is 0.0374. The summed E-state index contributed by atoms with van der Waals surface area (Å²) in [7, 11) is 3.43. The highest BCUT2D eigenvalue weighted by Gasteiger charge is 2.31. The van der Waals surface area contributed by atoms with Crippen LogP contribution in [0.15, 0.2) is 56.4 Å². The van der Waals surface area contributed by atoms with Crippen molar-refractivity contribution >= 4 is 31.9 Å². The summed E-state index contributed by atoms with van der Waals surface area (Å²) in [6.45, 7) is 10.8. The smallest absolute Gasteiger partial charge is 0.137 e. The zero-order chi connectivity index (χ0) is 18.3. The van der Waals surface area contributed by atoms with Gasteiger partial charge in [-0.3, -0.25) is 0 Å². The predicted octanol–water partition coefficient (Wildman–Crippen LogP) is 7.15. The molecule has 0 aromatic carbocycles. The summed E-state index contributed by atoms with van der Waals surface area (Å²) >= 11 is 7.10. The summed E-state index contributed by atoms with van der Waals surface area (Å²) in [6.07, 6.45) is 8.17. The minimum Gasteiger partial charge on any atom is -0.501 e. The fourth-order valence-electron chi connectivity index (χ4n) is 2.80. The molecule has 0 fully saturated rings. The molecule has 1 rings (SSSR count). The zero-order valence-corrected chi connectivity index (χ0v) is 18.5. The molecule has 0 spiro atoms. The van der Waals surface area contributed by atoms with E-state index in [0.717, 1.165) is 58.4 Å². The zero-order valence-electron chi connectivity index (χ0n) is 15.3. The van der Waals surface area contributed by atoms with Gasteiger partial charge >= 0.3 is 0 Å². The largest absolute Gasteiger partial charge is 0.501 e. The second-order valence-corrected chi connectivity index (χ2v) is 7.85. The van der Waals surface area contributed by atoms with Gasteiger partial charge in [0.1, 0.15) is 11.5 Å². The van der Waals surface area contributed by atoms with Crippen LogP contribution in [0, 0.1) is 5.41 Å². The molecule has 0 amide bonds. The lowest BCUT2D eigenvalue weighted by Gasteiger charge is -2.25. The Morgan fingerprint density at radius 1 is 1.38 bits per heavy atom. The maximum atomic E-state index is 5.80. The first-order chi connectivity index (χ1) is 11.3. The number of hydrogen-bond acceptors (Lipinski definition) is 2. The van der Waals surface area contributed by atoms with E-state index in [-0.39, 0.29) is 5.41 Å². The van der Waals surface area contributed by atoms with Gasteiger partial charge in [0, 0.05) is 21.0 Å². The molecule has 0 aromatic heterocycles. The molecule has 1 aliphatic carbocycles. The quantitative estimate of drug-likeness (QED) is 0.297. The second kappa shape index (κ2) is 9.67. The third-order valence-corrected chi connectivity index (χ3v) is 6.15. The molecule has 0 aromatic rings. The number of halogens is 2. The number of rotatable bonds is 7. The summed E-state index contributed by atoms with van der Waals surface area (Å²) in [4.78, 5) is 1.89. The van der Waals surface area contributed by atoms with E-state index in [4.69, 9.17) is 9.47 Å². The fourth-order valence-corrected chi connectivity index (χ4v) is 3.64. The average Bonchev–Trinajstić information content (AvgIpc) is 2.65. The molecular weight excluding hydrogens is 432 g/mol. The Morgan fingerprint density at radius 3 is 2.58 bits per heavy atom. The molecule has 0 saturated heterocycles. The molecule has 4 heteroatoms. The van der Waals surface area contributed by atoms with Crippen molar-refractivity contribution in [2.45, 2.75) is 46.5 Å². The van der Waals surface area contributed by atoms with Crippen molar-refractivity contribution in [1.82, 2.24) is 0 Å². The molecule has 0 heterocycles. The Kier molecular flexibility index (Phi) is 8.58. The van der Waals surface area contributed by atoms with E-state index in [9.17, 15) is 0 Å². The van der Waals surface area contributed by atoms with Crippen LogP contribution in [0.2, 0.25) is 0 Å². The standard InChI is InChI=1S/C20H28Br2O2/c1-14(10-7-8-13-21)17(15(2)23-5)16-11-9-12-20(3,4)19(22)18(16)24-6/h8,11,13H,1,7,9-10,12H2,2-6H3/b13-8?,17-15-. The van der Waals surface area contributed by atoms with Crippen LogP contribution in [-0.4, -0.2) is 14.2 Å². The number of hydrogen-bond donors (Lipinski definition) is 0. The SMILES string of the molecule is C=C(CCC=CBr)/C(C1=CCCC(C)(C)C(Br)=C1OC)=C(\C)OC. The van der Waals surface area contributed by atoms with Crippen LogP contribution in [0.4, 0.5) is 0 Å². The Hall–Kier alpha value is -0.740. The van der Waals surface area contributed by atoms with Gasteiger partial charge in [-0.2, -0.15) is 0 Å². The molecule has 0 radical (unpaired) electrons. The van der Waals surface area contributed by atoms with E-state index in [2.05, 4.69) is 64.4 Å². The van der Waals surface area contributed by atoms with Crippen LogP contribution in [0.25, 0.3) is 0 Å². The first-order valence-corrected chi connectivity index (χ1v) is 9.84. The molecule has 0 aliphatic heterocycles. The Morgan fingerprint density at radius 2 is 2.04 bits per heavy atom. The van der Waals surface area contributed by atoms with Gasteiger partial charge in [0.25, 0.3) is 0 Å². The van der Waals surface area contributed by atoms with Crippen molar-refractivity contribution in [2.24, 2.45) is 5.41 Å². The van der Waals surface area contributed by atoms with Crippen molar-refractivity contribution in [2.75, 3.05) is 14.2 Å². The fraction of sp³-hybridized carbons (Fsp3) is 0.500. The molecule has 0 bridgehead atoms. The minimum atomic E-state index is 0.0374. The van der Waals surface area contributed by atoms with Crippen LogP contribution >= 0.6 is 31.9 Å². The average molecular weight is 460 g/mol. The monoisotopic (exact) mass is 458 g/mol. The molecule has 0 atom stereocenters. The molecule has 1 aliphatic rings. The predicted molar refractivity (Wildman–Crippen MR) is 110 cm³/mol. The summed E-state index contributed by atoms with van der Waals surface area (Å²) in [6, 6.07) is 0. The second-order valence-electron chi connectivity index (χ2n) is 6.53. The summed E-state index contributed by atoms with van der Waals surface area (Å²) in [5.41, 5.74) is 3.21. The van der Waals surface area contributed by atoms with Crippen molar-refractivity contribution in [3.05, 3.63) is 56.4 Å². The van der Waals surface area contributed by atoms with Crippen LogP contribution in [0.5, 0.6) is 0 Å². The van der Waals surface area contributed by atoms with Crippen LogP contribution in [-0.2, 0) is 9.47 Å². The van der Waals surface area contributed by atoms with E-state index < -0.39 is 0 Å². The van der Waals surface area contributed by atoms with Crippen molar-refractivity contribution in [3.8, 4) is 0 Å². The molecule has 0 saturated carbocycles. The number of allylic oxidation sites excluding steroid dienone is 6. The lowest BCUT2D eigenvalue weighted by Crippen LogP contribution is -2.13. The topological polar surface area (TPSA) is 18.5 Å². The molecule has 24 heavy (non-hydrogen) atoms. The lowest BCUT2D eigenvalue weighted by molar-refractivity contribution is 0.280. The van der Waals surface area contributed by atoms with E-state index in [1.807, 2.05) is 11.9 Å². The van der Waals surface area contributed by atoms with Gasteiger partial charge in [-0.15, -0.1) is 0 Å². The van der Waals surface area contributed by atoms with Crippen molar-refractivity contribution < 1.29 is 9.47 Å². The molecule has 0 unspecified atom stereocenters. The van der Waals surface area contributed by atoms with Gasteiger partial charge in [0.15, 0.2) is 0 Å². The van der Waals surface area contributed by atoms with Gasteiger partial charge in [-0.25, -0.2) is 0 Å². The van der Waals surface area contributed by atoms with Crippen LogP contribution in [0.1, 0.15) is 46.5 Å². The van der Waals surface area contributed by atoms with E-state index in [1.165, 1.54) is 0 Å². The molecular formula is C20H28Br2O2. The van der Waals surface area contributed by atoms with Gasteiger partial charge in [-0.1, -0.05) is 64.4 Å². The van der Waals surface area contributed by atoms with E-state index in [1.54, 1.807) is 14.2 Å².